The first-order chi connectivity index (χ1) is 6.52. The zero-order valence-electron chi connectivity index (χ0n) is 9.92. The topological polar surface area (TPSA) is 20.3 Å². The number of amides is 1. The quantitative estimate of drug-likeness (QED) is 0.681. The van der Waals surface area contributed by atoms with E-state index in [2.05, 4.69) is 18.7 Å². The molecular weight excluding hydrogens is 174 g/mol. The molecule has 0 spiro atoms. The van der Waals surface area contributed by atoms with Crippen LogP contribution in [0.5, 0.6) is 0 Å². The lowest BCUT2D eigenvalue weighted by Gasteiger charge is -2.27. The van der Waals surface area contributed by atoms with Crippen LogP contribution in [0.15, 0.2) is 0 Å². The fourth-order valence-electron chi connectivity index (χ4n) is 2.25. The summed E-state index contributed by atoms with van der Waals surface area (Å²) in [5.41, 5.74) is 0. The highest BCUT2D eigenvalue weighted by molar-refractivity contribution is 5.78. The zero-order valence-corrected chi connectivity index (χ0v) is 9.92. The maximum atomic E-state index is 11.9. The molecule has 1 aliphatic heterocycles. The lowest BCUT2D eigenvalue weighted by molar-refractivity contribution is -0.135. The Labute approximate surface area is 87.7 Å². The van der Waals surface area contributed by atoms with Gasteiger partial charge in [-0.1, -0.05) is 27.7 Å². The number of rotatable bonds is 3. The van der Waals surface area contributed by atoms with Crippen LogP contribution in [0.4, 0.5) is 0 Å². The molecule has 2 heteroatoms. The number of hydrogen-bond donors (Lipinski definition) is 0. The van der Waals surface area contributed by atoms with E-state index in [1.807, 2.05) is 13.8 Å². The molecule has 1 heterocycles. The molecule has 1 rings (SSSR count). The van der Waals surface area contributed by atoms with Crippen molar-refractivity contribution in [1.29, 1.82) is 0 Å². The molecule has 0 aromatic rings. The standard InChI is InChI=1S/C12H23NO/c1-9(2)8-11-6-5-7-13(11)12(14)10(3)4/h9-11H,5-8H2,1-4H3/t11-/m0/s1. The predicted molar refractivity (Wildman–Crippen MR) is 59.0 cm³/mol. The van der Waals surface area contributed by atoms with Gasteiger partial charge in [-0.3, -0.25) is 4.79 Å². The summed E-state index contributed by atoms with van der Waals surface area (Å²) in [5, 5.41) is 0. The van der Waals surface area contributed by atoms with Crippen molar-refractivity contribution in [2.75, 3.05) is 6.54 Å². The van der Waals surface area contributed by atoms with Gasteiger partial charge in [0.2, 0.25) is 5.91 Å². The highest BCUT2D eigenvalue weighted by atomic mass is 16.2. The van der Waals surface area contributed by atoms with Crippen molar-refractivity contribution < 1.29 is 4.79 Å². The van der Waals surface area contributed by atoms with Crippen LogP contribution in [-0.2, 0) is 4.79 Å². The van der Waals surface area contributed by atoms with Crippen LogP contribution in [-0.4, -0.2) is 23.4 Å². The van der Waals surface area contributed by atoms with Crippen molar-refractivity contribution in [3.8, 4) is 0 Å². The van der Waals surface area contributed by atoms with Gasteiger partial charge in [-0.25, -0.2) is 0 Å². The Kier molecular flexibility index (Phi) is 3.97. The van der Waals surface area contributed by atoms with E-state index in [0.717, 1.165) is 6.54 Å². The van der Waals surface area contributed by atoms with Crippen molar-refractivity contribution >= 4 is 5.91 Å². The number of hydrogen-bond acceptors (Lipinski definition) is 1. The van der Waals surface area contributed by atoms with Gasteiger partial charge in [0.25, 0.3) is 0 Å². The third kappa shape index (κ3) is 2.73. The number of carbonyl (C=O) groups excluding carboxylic acids is 1. The SMILES string of the molecule is CC(C)C[C@@H]1CCCN1C(=O)C(C)C. The summed E-state index contributed by atoms with van der Waals surface area (Å²) in [5.74, 6) is 1.19. The molecule has 0 aromatic carbocycles. The van der Waals surface area contributed by atoms with E-state index >= 15 is 0 Å². The molecule has 0 aliphatic carbocycles. The summed E-state index contributed by atoms with van der Waals surface area (Å²) in [7, 11) is 0. The average molecular weight is 197 g/mol. The first-order valence-corrected chi connectivity index (χ1v) is 5.82. The molecule has 0 saturated carbocycles. The van der Waals surface area contributed by atoms with Crippen molar-refractivity contribution in [2.24, 2.45) is 11.8 Å². The van der Waals surface area contributed by atoms with E-state index in [1.54, 1.807) is 0 Å². The van der Waals surface area contributed by atoms with E-state index in [0.29, 0.717) is 17.9 Å². The minimum Gasteiger partial charge on any atom is -0.339 e. The van der Waals surface area contributed by atoms with Crippen molar-refractivity contribution in [3.63, 3.8) is 0 Å². The Morgan fingerprint density at radius 3 is 2.50 bits per heavy atom. The van der Waals surface area contributed by atoms with Crippen LogP contribution in [0.25, 0.3) is 0 Å². The molecule has 1 atom stereocenters. The second-order valence-electron chi connectivity index (χ2n) is 5.11. The molecule has 2 nitrogen and oxygen atoms in total. The number of carbonyl (C=O) groups is 1. The zero-order chi connectivity index (χ0) is 10.7. The Bertz CT molecular complexity index is 198. The second-order valence-corrected chi connectivity index (χ2v) is 5.11. The number of nitrogens with zero attached hydrogens (tertiary/aromatic N) is 1. The van der Waals surface area contributed by atoms with Gasteiger partial charge >= 0.3 is 0 Å². The molecule has 82 valence electrons. The minimum absolute atomic E-state index is 0.155. The lowest BCUT2D eigenvalue weighted by Crippen LogP contribution is -2.38. The number of likely N-dealkylation sites (tertiary alicyclic amines) is 1. The van der Waals surface area contributed by atoms with Gasteiger partial charge in [0.15, 0.2) is 0 Å². The van der Waals surface area contributed by atoms with Crippen molar-refractivity contribution in [2.45, 2.75) is 53.0 Å². The first kappa shape index (κ1) is 11.5. The fraction of sp³-hybridized carbons (Fsp3) is 0.917. The van der Waals surface area contributed by atoms with Crippen LogP contribution in [0.3, 0.4) is 0 Å². The molecule has 14 heavy (non-hydrogen) atoms. The molecule has 1 saturated heterocycles. The summed E-state index contributed by atoms with van der Waals surface area (Å²) in [4.78, 5) is 14.0. The summed E-state index contributed by atoms with van der Waals surface area (Å²) >= 11 is 0. The summed E-state index contributed by atoms with van der Waals surface area (Å²) in [6.45, 7) is 9.43. The maximum absolute atomic E-state index is 11.9. The Balaban J connectivity index is 2.55. The van der Waals surface area contributed by atoms with Crippen LogP contribution in [0.2, 0.25) is 0 Å². The molecular formula is C12H23NO. The molecule has 0 aromatic heterocycles. The second kappa shape index (κ2) is 4.81. The van der Waals surface area contributed by atoms with Gasteiger partial charge in [0, 0.05) is 18.5 Å². The Hall–Kier alpha value is -0.530. The van der Waals surface area contributed by atoms with E-state index < -0.39 is 0 Å². The van der Waals surface area contributed by atoms with Gasteiger partial charge in [-0.15, -0.1) is 0 Å². The van der Waals surface area contributed by atoms with Gasteiger partial charge < -0.3 is 4.90 Å². The minimum atomic E-state index is 0.155. The highest BCUT2D eigenvalue weighted by Gasteiger charge is 2.29. The van der Waals surface area contributed by atoms with Crippen LogP contribution in [0, 0.1) is 11.8 Å². The van der Waals surface area contributed by atoms with Crippen molar-refractivity contribution in [1.82, 2.24) is 4.90 Å². The van der Waals surface area contributed by atoms with Gasteiger partial charge in [0.05, 0.1) is 0 Å². The van der Waals surface area contributed by atoms with E-state index in [1.165, 1.54) is 19.3 Å². The average Bonchev–Trinajstić information content (AvgIpc) is 2.49. The third-order valence-corrected chi connectivity index (χ3v) is 2.90. The largest absolute Gasteiger partial charge is 0.339 e. The highest BCUT2D eigenvalue weighted by Crippen LogP contribution is 2.24. The predicted octanol–water partition coefficient (Wildman–Crippen LogP) is 2.68. The van der Waals surface area contributed by atoms with Gasteiger partial charge in [-0.2, -0.15) is 0 Å². The summed E-state index contributed by atoms with van der Waals surface area (Å²) < 4.78 is 0. The lowest BCUT2D eigenvalue weighted by atomic mass is 10.0. The molecule has 1 fully saturated rings. The molecule has 0 radical (unpaired) electrons. The third-order valence-electron chi connectivity index (χ3n) is 2.90. The van der Waals surface area contributed by atoms with E-state index in [9.17, 15) is 4.79 Å². The molecule has 0 bridgehead atoms. The van der Waals surface area contributed by atoms with E-state index in [4.69, 9.17) is 0 Å². The molecule has 0 N–H and O–H groups in total. The summed E-state index contributed by atoms with van der Waals surface area (Å²) in [6, 6.07) is 0.518. The van der Waals surface area contributed by atoms with Crippen LogP contribution < -0.4 is 0 Å². The molecule has 1 amide bonds. The monoisotopic (exact) mass is 197 g/mol. The molecule has 1 aliphatic rings. The van der Waals surface area contributed by atoms with Crippen molar-refractivity contribution in [3.05, 3.63) is 0 Å². The Morgan fingerprint density at radius 2 is 2.00 bits per heavy atom. The van der Waals surface area contributed by atoms with Crippen LogP contribution in [0.1, 0.15) is 47.0 Å². The summed E-state index contributed by atoms with van der Waals surface area (Å²) in [6.07, 6.45) is 3.56. The molecule has 0 unspecified atom stereocenters. The maximum Gasteiger partial charge on any atom is 0.225 e. The smallest absolute Gasteiger partial charge is 0.225 e. The Morgan fingerprint density at radius 1 is 1.36 bits per heavy atom. The normalized spacial score (nSPS) is 22.4. The first-order valence-electron chi connectivity index (χ1n) is 5.82. The van der Waals surface area contributed by atoms with E-state index in [-0.39, 0.29) is 5.92 Å². The van der Waals surface area contributed by atoms with Gasteiger partial charge in [-0.05, 0) is 25.2 Å². The van der Waals surface area contributed by atoms with Gasteiger partial charge in [0.1, 0.15) is 0 Å². The van der Waals surface area contributed by atoms with Crippen LogP contribution >= 0.6 is 0 Å². The fourth-order valence-corrected chi connectivity index (χ4v) is 2.25.